The molecule has 0 radical (unpaired) electrons. The van der Waals surface area contributed by atoms with Crippen molar-refractivity contribution in [1.82, 2.24) is 24.4 Å². The van der Waals surface area contributed by atoms with E-state index in [4.69, 9.17) is 14.2 Å². The molecule has 1 atom stereocenters. The zero-order valence-electron chi connectivity index (χ0n) is 24.6. The highest BCUT2D eigenvalue weighted by molar-refractivity contribution is 5.78. The molecule has 0 bridgehead atoms. The van der Waals surface area contributed by atoms with Crippen molar-refractivity contribution < 1.29 is 14.2 Å². The predicted octanol–water partition coefficient (Wildman–Crippen LogP) is 4.23. The highest BCUT2D eigenvalue weighted by atomic mass is 16.5. The fourth-order valence-corrected chi connectivity index (χ4v) is 5.20. The lowest BCUT2D eigenvalue weighted by atomic mass is 9.91. The van der Waals surface area contributed by atoms with Crippen molar-refractivity contribution in [2.45, 2.75) is 59.6 Å². The monoisotopic (exact) mass is 552 g/mol. The van der Waals surface area contributed by atoms with Crippen molar-refractivity contribution in [3.8, 4) is 17.0 Å². The number of aromatic nitrogens is 4. The molecule has 0 aromatic carbocycles. The van der Waals surface area contributed by atoms with Crippen LogP contribution >= 0.6 is 0 Å². The number of methoxy groups -OCH3 is 1. The number of likely N-dealkylation sites (tertiary alicyclic amines) is 1. The van der Waals surface area contributed by atoms with Crippen LogP contribution in [0.25, 0.3) is 22.3 Å². The number of pyridine rings is 2. The number of hydrogen-bond donors (Lipinski definition) is 1. The number of anilines is 1. The second kappa shape index (κ2) is 14.0. The summed E-state index contributed by atoms with van der Waals surface area (Å²) in [5, 5.41) is 3.37. The van der Waals surface area contributed by atoms with Crippen LogP contribution in [0.2, 0.25) is 0 Å². The molecule has 4 rings (SSSR count). The SMILES string of the molecule is CCCOCCn1c(=O)c(NCC(C)(C)CN2CCC[C@H](OCC)C2)nc2ncc(-c3ccc(OC)nc3)cc21. The van der Waals surface area contributed by atoms with Crippen molar-refractivity contribution in [2.75, 3.05) is 58.4 Å². The van der Waals surface area contributed by atoms with E-state index in [0.29, 0.717) is 55.3 Å². The summed E-state index contributed by atoms with van der Waals surface area (Å²) in [7, 11) is 1.59. The van der Waals surface area contributed by atoms with E-state index in [2.05, 4.69) is 52.9 Å². The molecule has 1 saturated heterocycles. The molecule has 1 fully saturated rings. The van der Waals surface area contributed by atoms with Crippen molar-refractivity contribution in [3.05, 3.63) is 40.9 Å². The van der Waals surface area contributed by atoms with Crippen molar-refractivity contribution in [2.24, 2.45) is 5.41 Å². The van der Waals surface area contributed by atoms with Gasteiger partial charge >= 0.3 is 0 Å². The number of ether oxygens (including phenoxy) is 3. The Morgan fingerprint density at radius 3 is 2.67 bits per heavy atom. The summed E-state index contributed by atoms with van der Waals surface area (Å²) in [6, 6.07) is 5.67. The lowest BCUT2D eigenvalue weighted by Crippen LogP contribution is -2.46. The predicted molar refractivity (Wildman–Crippen MR) is 158 cm³/mol. The summed E-state index contributed by atoms with van der Waals surface area (Å²) in [6.45, 7) is 14.3. The van der Waals surface area contributed by atoms with Gasteiger partial charge in [0.15, 0.2) is 11.5 Å². The van der Waals surface area contributed by atoms with E-state index in [1.165, 1.54) is 0 Å². The Morgan fingerprint density at radius 1 is 1.12 bits per heavy atom. The minimum Gasteiger partial charge on any atom is -0.481 e. The van der Waals surface area contributed by atoms with Gasteiger partial charge in [-0.1, -0.05) is 20.8 Å². The smallest absolute Gasteiger partial charge is 0.293 e. The highest BCUT2D eigenvalue weighted by Crippen LogP contribution is 2.24. The average molecular weight is 553 g/mol. The van der Waals surface area contributed by atoms with Crippen LogP contribution in [0, 0.1) is 5.41 Å². The minimum absolute atomic E-state index is 0.0785. The molecule has 0 amide bonds. The van der Waals surface area contributed by atoms with Gasteiger partial charge in [-0.3, -0.25) is 9.36 Å². The van der Waals surface area contributed by atoms with Gasteiger partial charge in [0.05, 0.1) is 25.3 Å². The van der Waals surface area contributed by atoms with E-state index in [-0.39, 0.29) is 11.0 Å². The molecule has 1 aliphatic rings. The number of rotatable bonds is 14. The molecule has 4 heterocycles. The fraction of sp³-hybridized carbons (Fsp3) is 0.600. The molecule has 3 aromatic heterocycles. The second-order valence-corrected chi connectivity index (χ2v) is 11.2. The quantitative estimate of drug-likeness (QED) is 0.294. The molecule has 0 spiro atoms. The van der Waals surface area contributed by atoms with Gasteiger partial charge in [-0.2, -0.15) is 0 Å². The number of piperidine rings is 1. The van der Waals surface area contributed by atoms with Crippen LogP contribution in [0.4, 0.5) is 5.82 Å². The van der Waals surface area contributed by atoms with Crippen LogP contribution in [0.1, 0.15) is 47.0 Å². The van der Waals surface area contributed by atoms with Crippen LogP contribution in [0.3, 0.4) is 0 Å². The first-order chi connectivity index (χ1) is 19.3. The van der Waals surface area contributed by atoms with E-state index in [9.17, 15) is 4.79 Å². The molecule has 0 unspecified atom stereocenters. The van der Waals surface area contributed by atoms with E-state index >= 15 is 0 Å². The maximum Gasteiger partial charge on any atom is 0.293 e. The number of nitrogens with zero attached hydrogens (tertiary/aromatic N) is 5. The summed E-state index contributed by atoms with van der Waals surface area (Å²) in [6.07, 6.45) is 6.99. The third kappa shape index (κ3) is 7.77. The Hall–Kier alpha value is -3.08. The molecule has 10 heteroatoms. The highest BCUT2D eigenvalue weighted by Gasteiger charge is 2.27. The summed E-state index contributed by atoms with van der Waals surface area (Å²) in [4.78, 5) is 29.8. The van der Waals surface area contributed by atoms with Gasteiger partial charge in [0.1, 0.15) is 0 Å². The molecular formula is C30H44N6O4. The van der Waals surface area contributed by atoms with Gasteiger partial charge in [-0.05, 0) is 50.3 Å². The fourth-order valence-electron chi connectivity index (χ4n) is 5.20. The lowest BCUT2D eigenvalue weighted by molar-refractivity contribution is -0.00269. The lowest BCUT2D eigenvalue weighted by Gasteiger charge is -2.38. The molecule has 3 aromatic rings. The first-order valence-corrected chi connectivity index (χ1v) is 14.4. The second-order valence-electron chi connectivity index (χ2n) is 11.2. The Bertz CT molecular complexity index is 1290. The molecule has 1 aliphatic heterocycles. The third-order valence-electron chi connectivity index (χ3n) is 7.14. The Kier molecular flexibility index (Phi) is 10.5. The number of hydrogen-bond acceptors (Lipinski definition) is 9. The van der Waals surface area contributed by atoms with E-state index in [1.807, 2.05) is 12.1 Å². The topological polar surface area (TPSA) is 104 Å². The zero-order chi connectivity index (χ0) is 28.5. The van der Waals surface area contributed by atoms with Crippen molar-refractivity contribution in [1.29, 1.82) is 0 Å². The third-order valence-corrected chi connectivity index (χ3v) is 7.14. The van der Waals surface area contributed by atoms with E-state index in [0.717, 1.165) is 56.6 Å². The van der Waals surface area contributed by atoms with Crippen LogP contribution in [0.15, 0.2) is 35.4 Å². The van der Waals surface area contributed by atoms with Gasteiger partial charge in [0.2, 0.25) is 5.88 Å². The largest absolute Gasteiger partial charge is 0.481 e. The standard InChI is InChI=1S/C30H44N6O4/c1-6-14-39-15-13-36-25-16-23(22-10-11-26(38-5)31-17-22)18-32-27(25)34-28(29(36)37)33-20-30(3,4)21-35-12-8-9-24(19-35)40-7-2/h10-11,16-18,24H,6-9,12-15,19-21H2,1-5H3,(H,32,33,34)/t24-/m0/s1. The first-order valence-electron chi connectivity index (χ1n) is 14.4. The van der Waals surface area contributed by atoms with Crippen LogP contribution in [-0.4, -0.2) is 83.6 Å². The summed E-state index contributed by atoms with van der Waals surface area (Å²) in [5.41, 5.74) is 2.65. The molecule has 0 aliphatic carbocycles. The molecule has 218 valence electrons. The summed E-state index contributed by atoms with van der Waals surface area (Å²) >= 11 is 0. The van der Waals surface area contributed by atoms with Crippen LogP contribution in [-0.2, 0) is 16.0 Å². The molecule has 0 saturated carbocycles. The first kappa shape index (κ1) is 29.9. The zero-order valence-corrected chi connectivity index (χ0v) is 24.6. The maximum atomic E-state index is 13.7. The van der Waals surface area contributed by atoms with Gasteiger partial charge in [-0.25, -0.2) is 15.0 Å². The van der Waals surface area contributed by atoms with E-state index < -0.39 is 0 Å². The number of fused-ring (bicyclic) bond motifs is 1. The van der Waals surface area contributed by atoms with Crippen molar-refractivity contribution in [3.63, 3.8) is 0 Å². The van der Waals surface area contributed by atoms with Gasteiger partial charge < -0.3 is 24.4 Å². The molecule has 1 N–H and O–H groups in total. The van der Waals surface area contributed by atoms with Crippen LogP contribution in [0.5, 0.6) is 5.88 Å². The summed E-state index contributed by atoms with van der Waals surface area (Å²) < 4.78 is 18.5. The normalized spacial score (nSPS) is 16.4. The minimum atomic E-state index is -0.176. The molecular weight excluding hydrogens is 508 g/mol. The molecule has 10 nitrogen and oxygen atoms in total. The Balaban J connectivity index is 1.56. The van der Waals surface area contributed by atoms with Gasteiger partial charge in [0.25, 0.3) is 5.56 Å². The Morgan fingerprint density at radius 2 is 1.95 bits per heavy atom. The van der Waals surface area contributed by atoms with Crippen molar-refractivity contribution >= 4 is 17.0 Å². The Labute approximate surface area is 237 Å². The maximum absolute atomic E-state index is 13.7. The van der Waals surface area contributed by atoms with Gasteiger partial charge in [-0.15, -0.1) is 0 Å². The average Bonchev–Trinajstić information content (AvgIpc) is 2.95. The number of nitrogens with one attached hydrogen (secondary N) is 1. The summed E-state index contributed by atoms with van der Waals surface area (Å²) in [5.74, 6) is 0.852. The van der Waals surface area contributed by atoms with E-state index in [1.54, 1.807) is 30.1 Å². The van der Waals surface area contributed by atoms with Crippen LogP contribution < -0.4 is 15.6 Å². The molecule has 40 heavy (non-hydrogen) atoms. The van der Waals surface area contributed by atoms with Gasteiger partial charge in [0, 0.05) is 69.0 Å².